The molecule has 2 aromatic carbocycles. The van der Waals surface area contributed by atoms with Crippen LogP contribution in [0.5, 0.6) is 0 Å². The molecule has 0 aliphatic carbocycles. The van der Waals surface area contributed by atoms with Crippen LogP contribution in [0.3, 0.4) is 0 Å². The van der Waals surface area contributed by atoms with Crippen LogP contribution < -0.4 is 4.31 Å². The second-order valence-electron chi connectivity index (χ2n) is 6.53. The maximum absolute atomic E-state index is 13.3. The highest BCUT2D eigenvalue weighted by molar-refractivity contribution is 7.93. The molecule has 11 heteroatoms. The molecule has 0 spiro atoms. The molecule has 0 fully saturated rings. The van der Waals surface area contributed by atoms with Crippen LogP contribution in [0.1, 0.15) is 23.2 Å². The lowest BCUT2D eigenvalue weighted by molar-refractivity contribution is -0.134. The second-order valence-corrected chi connectivity index (χ2v) is 9.80. The first kappa shape index (κ1) is 23.4. The van der Waals surface area contributed by atoms with Crippen LogP contribution in [0, 0.1) is 0 Å². The molecule has 1 aromatic heterocycles. The zero-order chi connectivity index (χ0) is 22.8. The summed E-state index contributed by atoms with van der Waals surface area (Å²) in [6, 6.07) is 11.9. The summed E-state index contributed by atoms with van der Waals surface area (Å²) in [5.74, 6) is -0.640. The lowest BCUT2D eigenvalue weighted by Gasteiger charge is -2.24. The van der Waals surface area contributed by atoms with Gasteiger partial charge in [-0.05, 0) is 36.8 Å². The minimum absolute atomic E-state index is 0.141. The highest BCUT2D eigenvalue weighted by Gasteiger charge is 2.32. The fourth-order valence-electron chi connectivity index (χ4n) is 2.92. The molecule has 0 aliphatic rings. The largest absolute Gasteiger partial charge is 0.465 e. The fraction of sp³-hybridized carbons (Fsp3) is 0.250. The number of rotatable bonds is 7. The van der Waals surface area contributed by atoms with Gasteiger partial charge in [0.15, 0.2) is 0 Å². The van der Waals surface area contributed by atoms with E-state index >= 15 is 0 Å². The standard InChI is InChI=1S/C20H17ClF3NO4S2/c1-29-19(26)13-7-9-14(10-8-13)31(27,28)25(12-4-11-20(22,23)24)18-17(21)15-5-2-3-6-16(15)30-18/h2-3,5-10H,4,11-12H2,1H3. The van der Waals surface area contributed by atoms with E-state index in [2.05, 4.69) is 4.74 Å². The Balaban J connectivity index is 2.04. The SMILES string of the molecule is COC(=O)c1ccc(S(=O)(=O)N(CCCC(F)(F)F)c2sc3ccccc3c2Cl)cc1. The summed E-state index contributed by atoms with van der Waals surface area (Å²) in [7, 11) is -3.06. The number of hydrogen-bond donors (Lipinski definition) is 0. The van der Waals surface area contributed by atoms with Crippen molar-refractivity contribution in [1.29, 1.82) is 0 Å². The summed E-state index contributed by atoms with van der Waals surface area (Å²) in [6.45, 7) is -0.410. The van der Waals surface area contributed by atoms with E-state index in [1.807, 2.05) is 0 Å². The first-order valence-electron chi connectivity index (χ1n) is 8.99. The zero-order valence-electron chi connectivity index (χ0n) is 16.1. The zero-order valence-corrected chi connectivity index (χ0v) is 18.5. The molecular weight excluding hydrogens is 475 g/mol. The Labute approximate surface area is 186 Å². The van der Waals surface area contributed by atoms with Gasteiger partial charge >= 0.3 is 12.1 Å². The predicted molar refractivity (Wildman–Crippen MR) is 114 cm³/mol. The van der Waals surface area contributed by atoms with Crippen molar-refractivity contribution in [3.8, 4) is 0 Å². The monoisotopic (exact) mass is 491 g/mol. The third-order valence-electron chi connectivity index (χ3n) is 4.43. The number of hydrogen-bond acceptors (Lipinski definition) is 5. The van der Waals surface area contributed by atoms with Crippen molar-refractivity contribution in [2.75, 3.05) is 18.0 Å². The molecule has 0 bridgehead atoms. The van der Waals surface area contributed by atoms with Gasteiger partial charge in [-0.3, -0.25) is 4.31 Å². The van der Waals surface area contributed by atoms with Gasteiger partial charge in [-0.15, -0.1) is 11.3 Å². The third kappa shape index (κ3) is 5.13. The molecular formula is C20H17ClF3NO4S2. The van der Waals surface area contributed by atoms with E-state index < -0.39 is 41.6 Å². The molecule has 5 nitrogen and oxygen atoms in total. The summed E-state index contributed by atoms with van der Waals surface area (Å²) in [5.41, 5.74) is 0.143. The molecule has 0 aliphatic heterocycles. The maximum atomic E-state index is 13.3. The molecule has 0 amide bonds. The number of benzene rings is 2. The quantitative estimate of drug-likeness (QED) is 0.387. The number of thiophene rings is 1. The van der Waals surface area contributed by atoms with Crippen LogP contribution in [0.25, 0.3) is 10.1 Å². The summed E-state index contributed by atoms with van der Waals surface area (Å²) >= 11 is 7.50. The van der Waals surface area contributed by atoms with Crippen LogP contribution >= 0.6 is 22.9 Å². The van der Waals surface area contributed by atoms with Crippen LogP contribution in [0.2, 0.25) is 5.02 Å². The number of sulfonamides is 1. The number of methoxy groups -OCH3 is 1. The minimum atomic E-state index is -4.42. The third-order valence-corrected chi connectivity index (χ3v) is 8.05. The number of halogens is 4. The van der Waals surface area contributed by atoms with Gasteiger partial charge < -0.3 is 4.74 Å². The molecule has 3 rings (SSSR count). The van der Waals surface area contributed by atoms with Crippen molar-refractivity contribution < 1.29 is 31.1 Å². The second kappa shape index (κ2) is 9.05. The van der Waals surface area contributed by atoms with E-state index in [9.17, 15) is 26.4 Å². The molecule has 0 atom stereocenters. The molecule has 0 unspecified atom stereocenters. The number of carbonyl (C=O) groups is 1. The van der Waals surface area contributed by atoms with Gasteiger partial charge in [-0.25, -0.2) is 13.2 Å². The van der Waals surface area contributed by atoms with Gasteiger partial charge in [-0.1, -0.05) is 29.8 Å². The van der Waals surface area contributed by atoms with E-state index in [4.69, 9.17) is 11.6 Å². The highest BCUT2D eigenvalue weighted by atomic mass is 35.5. The lowest BCUT2D eigenvalue weighted by atomic mass is 10.2. The molecule has 0 saturated heterocycles. The van der Waals surface area contributed by atoms with Gasteiger partial charge in [0, 0.05) is 23.1 Å². The van der Waals surface area contributed by atoms with E-state index in [1.54, 1.807) is 24.3 Å². The van der Waals surface area contributed by atoms with Crippen LogP contribution in [0.4, 0.5) is 18.2 Å². The van der Waals surface area contributed by atoms with Crippen molar-refractivity contribution in [3.05, 3.63) is 59.1 Å². The number of esters is 1. The first-order chi connectivity index (χ1) is 14.5. The fourth-order valence-corrected chi connectivity index (χ4v) is 6.26. The normalized spacial score (nSPS) is 12.2. The van der Waals surface area contributed by atoms with Crippen LogP contribution in [-0.2, 0) is 14.8 Å². The predicted octanol–water partition coefficient (Wildman–Crippen LogP) is 5.88. The van der Waals surface area contributed by atoms with Crippen molar-refractivity contribution in [2.24, 2.45) is 0 Å². The van der Waals surface area contributed by atoms with E-state index in [0.717, 1.165) is 15.6 Å². The molecule has 166 valence electrons. The number of alkyl halides is 3. The summed E-state index contributed by atoms with van der Waals surface area (Å²) in [5, 5.41) is 0.908. The Kier molecular flexibility index (Phi) is 6.82. The molecule has 1 heterocycles. The summed E-state index contributed by atoms with van der Waals surface area (Å²) < 4.78 is 71.0. The van der Waals surface area contributed by atoms with Gasteiger partial charge in [0.05, 0.1) is 22.6 Å². The first-order valence-corrected chi connectivity index (χ1v) is 11.6. The number of anilines is 1. The molecule has 3 aromatic rings. The number of ether oxygens (including phenoxy) is 1. The van der Waals surface area contributed by atoms with Crippen LogP contribution in [0.15, 0.2) is 53.4 Å². The van der Waals surface area contributed by atoms with E-state index in [1.165, 1.54) is 31.4 Å². The molecule has 0 radical (unpaired) electrons. The minimum Gasteiger partial charge on any atom is -0.465 e. The van der Waals surface area contributed by atoms with Gasteiger partial charge in [0.1, 0.15) is 5.00 Å². The number of carbonyl (C=O) groups excluding carboxylic acids is 1. The van der Waals surface area contributed by atoms with E-state index in [-0.39, 0.29) is 20.5 Å². The van der Waals surface area contributed by atoms with Gasteiger partial charge in [0.25, 0.3) is 10.0 Å². The Morgan fingerprint density at radius 1 is 1.13 bits per heavy atom. The smallest absolute Gasteiger partial charge is 0.389 e. The maximum Gasteiger partial charge on any atom is 0.389 e. The van der Waals surface area contributed by atoms with Gasteiger partial charge in [0.2, 0.25) is 0 Å². The van der Waals surface area contributed by atoms with Crippen molar-refractivity contribution in [3.63, 3.8) is 0 Å². The van der Waals surface area contributed by atoms with E-state index in [0.29, 0.717) is 10.1 Å². The highest BCUT2D eigenvalue weighted by Crippen LogP contribution is 2.44. The average molecular weight is 492 g/mol. The topological polar surface area (TPSA) is 63.7 Å². The Morgan fingerprint density at radius 3 is 2.35 bits per heavy atom. The Bertz CT molecular complexity index is 1190. The summed E-state index contributed by atoms with van der Waals surface area (Å²) in [6.07, 6.45) is -5.99. The van der Waals surface area contributed by atoms with Crippen molar-refractivity contribution in [1.82, 2.24) is 0 Å². The molecule has 0 N–H and O–H groups in total. The summed E-state index contributed by atoms with van der Waals surface area (Å²) in [4.78, 5) is 11.4. The van der Waals surface area contributed by atoms with Crippen LogP contribution in [-0.4, -0.2) is 34.2 Å². The van der Waals surface area contributed by atoms with Crippen molar-refractivity contribution >= 4 is 54.0 Å². The molecule has 0 saturated carbocycles. The number of fused-ring (bicyclic) bond motifs is 1. The molecule has 31 heavy (non-hydrogen) atoms. The Hall–Kier alpha value is -2.30. The average Bonchev–Trinajstić information content (AvgIpc) is 3.06. The van der Waals surface area contributed by atoms with Gasteiger partial charge in [-0.2, -0.15) is 13.2 Å². The van der Waals surface area contributed by atoms with Crippen molar-refractivity contribution in [2.45, 2.75) is 23.9 Å². The number of nitrogens with zero attached hydrogens (tertiary/aromatic N) is 1. The Morgan fingerprint density at radius 2 is 1.77 bits per heavy atom. The lowest BCUT2D eigenvalue weighted by Crippen LogP contribution is -2.32.